The van der Waals surface area contributed by atoms with E-state index in [9.17, 15) is 4.39 Å². The molecule has 0 bridgehead atoms. The van der Waals surface area contributed by atoms with Crippen molar-refractivity contribution in [2.75, 3.05) is 32.5 Å². The first-order valence-electron chi connectivity index (χ1n) is 15.1. The molecule has 5 aromatic rings. The number of likely N-dealkylation sites (N-methyl/N-ethyl adjacent to an activating group) is 1. The summed E-state index contributed by atoms with van der Waals surface area (Å²) in [6.45, 7) is 11.8. The molecule has 0 aliphatic heterocycles. The highest BCUT2D eigenvalue weighted by Crippen LogP contribution is 2.37. The van der Waals surface area contributed by atoms with E-state index in [-0.39, 0.29) is 5.82 Å². The summed E-state index contributed by atoms with van der Waals surface area (Å²) in [4.78, 5) is 5.65. The number of anilines is 1. The van der Waals surface area contributed by atoms with Gasteiger partial charge in [-0.2, -0.15) is 5.10 Å². The number of rotatable bonds is 12. The lowest BCUT2D eigenvalue weighted by Gasteiger charge is -2.13. The van der Waals surface area contributed by atoms with Crippen molar-refractivity contribution in [3.05, 3.63) is 115 Å². The molecule has 0 amide bonds. The predicted molar refractivity (Wildman–Crippen MR) is 183 cm³/mol. The van der Waals surface area contributed by atoms with E-state index in [2.05, 4.69) is 75.2 Å². The normalized spacial score (nSPS) is 14.0. The quantitative estimate of drug-likeness (QED) is 0.111. The van der Waals surface area contributed by atoms with Crippen molar-refractivity contribution in [2.45, 2.75) is 19.8 Å². The van der Waals surface area contributed by atoms with Crippen LogP contribution in [-0.4, -0.2) is 47.3 Å². The van der Waals surface area contributed by atoms with E-state index in [0.717, 1.165) is 85.6 Å². The molecule has 7 heteroatoms. The standard InChI is InChI=1S/C37H39FN6/c1-6-24(18-29(7-2)40-23(3)25-11-12-25)26-13-14-35-33(20-26)37(43-42-35)36-22-32-31(9-8-10-34(32)41-36)27-17-28(38)21-30(19-27)39-15-16-44(4)5/h6-10,13-14,17-22,25,39-41H,2-3,11-12,15-16H2,1,4-5H3,(H,42,43)/b24-6+,29-18+. The zero-order valence-electron chi connectivity index (χ0n) is 25.6. The first kappa shape index (κ1) is 29.2. The van der Waals surface area contributed by atoms with Gasteiger partial charge in [0, 0.05) is 46.5 Å². The van der Waals surface area contributed by atoms with Crippen molar-refractivity contribution < 1.29 is 4.39 Å². The number of fused-ring (bicyclic) bond motifs is 2. The van der Waals surface area contributed by atoms with E-state index in [1.165, 1.54) is 12.8 Å². The van der Waals surface area contributed by atoms with Crippen molar-refractivity contribution in [1.29, 1.82) is 0 Å². The van der Waals surface area contributed by atoms with E-state index in [1.807, 2.05) is 51.4 Å². The number of H-pyrrole nitrogens is 2. The minimum absolute atomic E-state index is 0.270. The Hall–Kier alpha value is -4.88. The van der Waals surface area contributed by atoms with Crippen molar-refractivity contribution in [3.8, 4) is 22.5 Å². The Balaban J connectivity index is 1.34. The van der Waals surface area contributed by atoms with Crippen molar-refractivity contribution in [2.24, 2.45) is 5.92 Å². The Morgan fingerprint density at radius 2 is 1.91 bits per heavy atom. The largest absolute Gasteiger partial charge is 0.384 e. The summed E-state index contributed by atoms with van der Waals surface area (Å²) < 4.78 is 14.7. The number of aromatic amines is 2. The first-order chi connectivity index (χ1) is 21.3. The van der Waals surface area contributed by atoms with Gasteiger partial charge < -0.3 is 20.5 Å². The molecule has 6 rings (SSSR count). The SMILES string of the molecule is C=C/C(=C\C(=C/C)c1ccc2[nH]nc(-c3cc4c(-c5cc(F)cc(NCCN(C)C)c5)cccc4[nH]3)c2c1)NC(=C)C1CC1. The van der Waals surface area contributed by atoms with Crippen LogP contribution in [0.3, 0.4) is 0 Å². The van der Waals surface area contributed by atoms with E-state index in [0.29, 0.717) is 5.92 Å². The maximum Gasteiger partial charge on any atom is 0.125 e. The molecule has 0 spiro atoms. The average Bonchev–Trinajstić information content (AvgIpc) is 3.64. The van der Waals surface area contributed by atoms with Gasteiger partial charge in [-0.15, -0.1) is 0 Å². The second-order valence-corrected chi connectivity index (χ2v) is 11.7. The Morgan fingerprint density at radius 3 is 2.66 bits per heavy atom. The van der Waals surface area contributed by atoms with Gasteiger partial charge in [0.1, 0.15) is 11.5 Å². The van der Waals surface area contributed by atoms with E-state index in [1.54, 1.807) is 12.1 Å². The van der Waals surface area contributed by atoms with Crippen LogP contribution in [-0.2, 0) is 0 Å². The fourth-order valence-corrected chi connectivity index (χ4v) is 5.57. The van der Waals surface area contributed by atoms with Crippen LogP contribution in [0.15, 0.2) is 103 Å². The zero-order valence-corrected chi connectivity index (χ0v) is 25.6. The molecule has 2 aromatic heterocycles. The molecule has 1 saturated carbocycles. The monoisotopic (exact) mass is 586 g/mol. The molecule has 0 saturated heterocycles. The summed E-state index contributed by atoms with van der Waals surface area (Å²) in [7, 11) is 4.04. The molecule has 224 valence electrons. The third kappa shape index (κ3) is 6.24. The lowest BCUT2D eigenvalue weighted by atomic mass is 10.00. The highest BCUT2D eigenvalue weighted by molar-refractivity contribution is 6.02. The molecule has 6 nitrogen and oxygen atoms in total. The molecule has 4 N–H and O–H groups in total. The van der Waals surface area contributed by atoms with Gasteiger partial charge >= 0.3 is 0 Å². The number of nitrogens with one attached hydrogen (secondary N) is 4. The van der Waals surface area contributed by atoms with Gasteiger partial charge in [-0.3, -0.25) is 5.10 Å². The molecular formula is C37H39FN6. The lowest BCUT2D eigenvalue weighted by molar-refractivity contribution is 0.425. The first-order valence-corrected chi connectivity index (χ1v) is 15.1. The van der Waals surface area contributed by atoms with E-state index >= 15 is 0 Å². The Kier molecular flexibility index (Phi) is 8.22. The maximum absolute atomic E-state index is 14.7. The number of allylic oxidation sites excluding steroid dienone is 5. The summed E-state index contributed by atoms with van der Waals surface area (Å²) in [5.74, 6) is 0.288. The fourth-order valence-electron chi connectivity index (χ4n) is 5.57. The molecule has 1 aliphatic rings. The molecule has 44 heavy (non-hydrogen) atoms. The summed E-state index contributed by atoms with van der Waals surface area (Å²) in [5, 5.41) is 16.7. The molecule has 1 fully saturated rings. The van der Waals surface area contributed by atoms with Gasteiger partial charge in [-0.25, -0.2) is 4.39 Å². The van der Waals surface area contributed by atoms with Gasteiger partial charge in [0.2, 0.25) is 0 Å². The number of aromatic nitrogens is 3. The number of nitrogens with zero attached hydrogens (tertiary/aromatic N) is 2. The summed E-state index contributed by atoms with van der Waals surface area (Å²) in [5.41, 5.74) is 10.3. The second kappa shape index (κ2) is 12.4. The molecular weight excluding hydrogens is 547 g/mol. The topological polar surface area (TPSA) is 71.8 Å². The minimum Gasteiger partial charge on any atom is -0.384 e. The van der Waals surface area contributed by atoms with Crippen LogP contribution in [0.1, 0.15) is 25.3 Å². The van der Waals surface area contributed by atoms with Crippen molar-refractivity contribution in [1.82, 2.24) is 25.4 Å². The van der Waals surface area contributed by atoms with Gasteiger partial charge in [0.25, 0.3) is 0 Å². The molecule has 1 aliphatic carbocycles. The van der Waals surface area contributed by atoms with Gasteiger partial charge in [0.05, 0.1) is 11.2 Å². The van der Waals surface area contributed by atoms with Crippen LogP contribution < -0.4 is 10.6 Å². The molecule has 0 radical (unpaired) electrons. The fraction of sp³-hybridized carbons (Fsp3) is 0.216. The number of hydrogen-bond donors (Lipinski definition) is 4. The van der Waals surface area contributed by atoms with Gasteiger partial charge in [-0.1, -0.05) is 37.4 Å². The lowest BCUT2D eigenvalue weighted by Crippen LogP contribution is -2.20. The Bertz CT molecular complexity index is 1920. The molecule has 3 aromatic carbocycles. The number of benzene rings is 3. The van der Waals surface area contributed by atoms with E-state index < -0.39 is 0 Å². The van der Waals surface area contributed by atoms with Crippen LogP contribution in [0, 0.1) is 11.7 Å². The molecule has 0 unspecified atom stereocenters. The highest BCUT2D eigenvalue weighted by atomic mass is 19.1. The van der Waals surface area contributed by atoms with Crippen molar-refractivity contribution in [3.63, 3.8) is 0 Å². The molecule has 2 heterocycles. The van der Waals surface area contributed by atoms with Crippen molar-refractivity contribution >= 4 is 33.1 Å². The number of halogens is 1. The minimum atomic E-state index is -0.270. The maximum atomic E-state index is 14.7. The van der Waals surface area contributed by atoms with Crippen LogP contribution in [0.4, 0.5) is 10.1 Å². The van der Waals surface area contributed by atoms with Gasteiger partial charge in [-0.05, 0) is 117 Å². The molecule has 0 atom stereocenters. The van der Waals surface area contributed by atoms with E-state index in [4.69, 9.17) is 5.10 Å². The predicted octanol–water partition coefficient (Wildman–Crippen LogP) is 8.48. The summed E-state index contributed by atoms with van der Waals surface area (Å²) >= 11 is 0. The number of hydrogen-bond acceptors (Lipinski definition) is 4. The summed E-state index contributed by atoms with van der Waals surface area (Å²) in [6, 6.07) is 19.7. The van der Waals surface area contributed by atoms with Crippen LogP contribution in [0.25, 0.3) is 49.9 Å². The van der Waals surface area contributed by atoms with Crippen LogP contribution in [0.5, 0.6) is 0 Å². The van der Waals surface area contributed by atoms with Gasteiger partial charge in [0.15, 0.2) is 0 Å². The average molecular weight is 587 g/mol. The van der Waals surface area contributed by atoms with Crippen LogP contribution in [0.2, 0.25) is 0 Å². The van der Waals surface area contributed by atoms with Crippen LogP contribution >= 0.6 is 0 Å². The second-order valence-electron chi connectivity index (χ2n) is 11.7. The third-order valence-electron chi connectivity index (χ3n) is 8.13. The Morgan fingerprint density at radius 1 is 1.07 bits per heavy atom. The summed E-state index contributed by atoms with van der Waals surface area (Å²) in [6.07, 6.45) is 8.43. The Labute approximate surface area is 258 Å². The third-order valence-corrected chi connectivity index (χ3v) is 8.13. The highest BCUT2D eigenvalue weighted by Gasteiger charge is 2.24. The smallest absolute Gasteiger partial charge is 0.125 e. The zero-order chi connectivity index (χ0) is 30.8.